The normalized spacial score (nSPS) is 10.8. The van der Waals surface area contributed by atoms with Crippen molar-refractivity contribution in [3.63, 3.8) is 0 Å². The Morgan fingerprint density at radius 3 is 1.76 bits per heavy atom. The van der Waals surface area contributed by atoms with Crippen LogP contribution in [0.1, 0.15) is 22.3 Å². The molecule has 2 heterocycles. The topological polar surface area (TPSA) is 67.9 Å². The van der Waals surface area contributed by atoms with Crippen LogP contribution in [0.2, 0.25) is 0 Å². The zero-order valence-electron chi connectivity index (χ0n) is 27.4. The van der Waals surface area contributed by atoms with Gasteiger partial charge in [-0.1, -0.05) is 146 Å². The summed E-state index contributed by atoms with van der Waals surface area (Å²) in [4.78, 5) is 0. The van der Waals surface area contributed by atoms with Crippen molar-refractivity contribution in [2.75, 3.05) is 0 Å². The van der Waals surface area contributed by atoms with Crippen molar-refractivity contribution in [3.05, 3.63) is 198 Å². The lowest BCUT2D eigenvalue weighted by molar-refractivity contribution is 0.666. The summed E-state index contributed by atoms with van der Waals surface area (Å²) in [5.41, 5.74) is 15.8. The highest BCUT2D eigenvalue weighted by molar-refractivity contribution is 6.19. The Morgan fingerprint density at radius 1 is 0.551 bits per heavy atom. The maximum absolute atomic E-state index is 7.88. The molecule has 238 valence electrons. The number of nitrogen functional groups attached to an aromatic ring is 1. The molecular formula is C45H37N3O. The smallest absolute Gasteiger partial charge is 0.138 e. The average Bonchev–Trinajstić information content (AvgIpc) is 3.70. The third-order valence-electron chi connectivity index (χ3n) is 8.70. The average molecular weight is 636 g/mol. The van der Waals surface area contributed by atoms with E-state index in [4.69, 9.17) is 15.6 Å². The highest BCUT2D eigenvalue weighted by Crippen LogP contribution is 2.34. The number of benzene rings is 7. The summed E-state index contributed by atoms with van der Waals surface area (Å²) in [6.45, 7) is 2.07. The van der Waals surface area contributed by atoms with Gasteiger partial charge in [0.15, 0.2) is 0 Å². The first kappa shape index (κ1) is 31.2. The fraction of sp³-hybridized carbons (Fsp3) is 0.0444. The number of rotatable bonds is 4. The number of amidine groups is 1. The third kappa shape index (κ3) is 6.58. The van der Waals surface area contributed by atoms with Gasteiger partial charge in [0.2, 0.25) is 0 Å². The van der Waals surface area contributed by atoms with Crippen LogP contribution >= 0.6 is 0 Å². The van der Waals surface area contributed by atoms with E-state index in [2.05, 4.69) is 127 Å². The van der Waals surface area contributed by atoms with Crippen molar-refractivity contribution >= 4 is 49.6 Å². The van der Waals surface area contributed by atoms with Crippen LogP contribution in [0, 0.1) is 12.3 Å². The molecule has 0 saturated heterocycles. The molecule has 0 unspecified atom stereocenters. The highest BCUT2D eigenvalue weighted by atomic mass is 16.3. The van der Waals surface area contributed by atoms with Gasteiger partial charge in [0.05, 0.1) is 11.0 Å². The van der Waals surface area contributed by atoms with E-state index < -0.39 is 0 Å². The van der Waals surface area contributed by atoms with Crippen molar-refractivity contribution in [3.8, 4) is 5.69 Å². The van der Waals surface area contributed by atoms with Crippen molar-refractivity contribution in [2.24, 2.45) is 5.73 Å². The molecular weight excluding hydrogens is 599 g/mol. The Labute approximate surface area is 286 Å². The molecule has 0 aliphatic carbocycles. The first-order valence-electron chi connectivity index (χ1n) is 16.4. The summed E-state index contributed by atoms with van der Waals surface area (Å²) in [5.74, 6) is 0.0987. The second-order valence-electron chi connectivity index (χ2n) is 12.0. The first-order chi connectivity index (χ1) is 24.1. The van der Waals surface area contributed by atoms with Crippen molar-refractivity contribution in [2.45, 2.75) is 13.3 Å². The molecule has 0 aliphatic rings. The van der Waals surface area contributed by atoms with Crippen LogP contribution in [-0.4, -0.2) is 10.4 Å². The highest BCUT2D eigenvalue weighted by Gasteiger charge is 2.15. The molecule has 9 aromatic rings. The monoisotopic (exact) mass is 635 g/mol. The summed E-state index contributed by atoms with van der Waals surface area (Å²) in [7, 11) is 0. The summed E-state index contributed by atoms with van der Waals surface area (Å²) in [5, 5.41) is 12.4. The molecule has 2 aromatic heterocycles. The van der Waals surface area contributed by atoms with E-state index in [-0.39, 0.29) is 5.84 Å². The zero-order valence-corrected chi connectivity index (χ0v) is 27.4. The van der Waals surface area contributed by atoms with Gasteiger partial charge in [-0.15, -0.1) is 0 Å². The minimum absolute atomic E-state index is 0.0987. The molecule has 0 fully saturated rings. The minimum Gasteiger partial charge on any atom is -0.456 e. The lowest BCUT2D eigenvalue weighted by atomic mass is 10.1. The SMILES string of the molecule is Cc1cccc2c1oc1ccccc12.N=C(N)c1cccc2c1c1ccccc1n2-c1ccccc1.c1ccc(Cc2ccccc2)cc1. The van der Waals surface area contributed by atoms with E-state index in [1.54, 1.807) is 0 Å². The Balaban J connectivity index is 0.000000122. The molecule has 7 aromatic carbocycles. The van der Waals surface area contributed by atoms with Crippen LogP contribution in [0.15, 0.2) is 180 Å². The maximum Gasteiger partial charge on any atom is 0.138 e. The van der Waals surface area contributed by atoms with Gasteiger partial charge >= 0.3 is 0 Å². The number of para-hydroxylation sites is 4. The lowest BCUT2D eigenvalue weighted by Crippen LogP contribution is -2.11. The van der Waals surface area contributed by atoms with E-state index in [1.165, 1.54) is 27.5 Å². The number of aromatic nitrogens is 1. The van der Waals surface area contributed by atoms with Gasteiger partial charge in [-0.25, -0.2) is 0 Å². The number of nitrogens with zero attached hydrogens (tertiary/aromatic N) is 1. The van der Waals surface area contributed by atoms with E-state index in [0.717, 1.165) is 50.6 Å². The predicted octanol–water partition coefficient (Wildman–Crippen LogP) is 11.2. The summed E-state index contributed by atoms with van der Waals surface area (Å²) in [6.07, 6.45) is 1.03. The van der Waals surface area contributed by atoms with Gasteiger partial charge in [-0.2, -0.15) is 0 Å². The molecule has 0 aliphatic heterocycles. The van der Waals surface area contributed by atoms with Crippen LogP contribution in [0.3, 0.4) is 0 Å². The van der Waals surface area contributed by atoms with E-state index in [9.17, 15) is 0 Å². The maximum atomic E-state index is 7.88. The van der Waals surface area contributed by atoms with Crippen LogP contribution < -0.4 is 5.73 Å². The number of furan rings is 1. The molecule has 0 radical (unpaired) electrons. The molecule has 4 heteroatoms. The van der Waals surface area contributed by atoms with Crippen LogP contribution in [0.4, 0.5) is 0 Å². The number of fused-ring (bicyclic) bond motifs is 6. The number of hydrogen-bond donors (Lipinski definition) is 2. The fourth-order valence-electron chi connectivity index (χ4n) is 6.41. The van der Waals surface area contributed by atoms with Crippen LogP contribution in [0.5, 0.6) is 0 Å². The van der Waals surface area contributed by atoms with Gasteiger partial charge in [0, 0.05) is 32.8 Å². The van der Waals surface area contributed by atoms with Gasteiger partial charge in [0.1, 0.15) is 17.0 Å². The van der Waals surface area contributed by atoms with Crippen molar-refractivity contribution in [1.29, 1.82) is 5.41 Å². The number of aryl methyl sites for hydroxylation is 1. The minimum atomic E-state index is 0.0987. The van der Waals surface area contributed by atoms with Gasteiger partial charge < -0.3 is 14.7 Å². The van der Waals surface area contributed by atoms with E-state index in [0.29, 0.717) is 0 Å². The van der Waals surface area contributed by atoms with Crippen molar-refractivity contribution < 1.29 is 4.42 Å². The van der Waals surface area contributed by atoms with Crippen LogP contribution in [0.25, 0.3) is 49.4 Å². The summed E-state index contributed by atoms with van der Waals surface area (Å²) < 4.78 is 8.00. The molecule has 0 saturated carbocycles. The molecule has 9 rings (SSSR count). The Hall–Kier alpha value is -6.39. The molecule has 0 spiro atoms. The second-order valence-corrected chi connectivity index (χ2v) is 12.0. The number of nitrogens with two attached hydrogens (primary N) is 1. The fourth-order valence-corrected chi connectivity index (χ4v) is 6.41. The summed E-state index contributed by atoms with van der Waals surface area (Å²) >= 11 is 0. The standard InChI is InChI=1S/C19H15N3.C13H10O.C13H12/c20-19(21)15-10-6-12-17-18(15)14-9-4-5-11-16(14)22(17)13-7-2-1-3-8-13;1-9-5-4-7-11-10-6-2-3-8-12(10)14-13(9)11;1-3-7-12(8-4-1)11-13-9-5-2-6-10-13/h1-12H,(H3,20,21);2-8H,1H3;1-10H,11H2. The predicted molar refractivity (Wildman–Crippen MR) is 206 cm³/mol. The molecule has 0 bridgehead atoms. The zero-order chi connectivity index (χ0) is 33.6. The van der Waals surface area contributed by atoms with Crippen molar-refractivity contribution in [1.82, 2.24) is 4.57 Å². The molecule has 4 nitrogen and oxygen atoms in total. The molecule has 0 atom stereocenters. The largest absolute Gasteiger partial charge is 0.456 e. The number of hydrogen-bond acceptors (Lipinski definition) is 2. The quantitative estimate of drug-likeness (QED) is 0.149. The third-order valence-corrected chi connectivity index (χ3v) is 8.70. The van der Waals surface area contributed by atoms with Gasteiger partial charge in [-0.3, -0.25) is 5.41 Å². The summed E-state index contributed by atoms with van der Waals surface area (Å²) in [6, 6.07) is 59.9. The molecule has 0 amide bonds. The van der Waals surface area contributed by atoms with Crippen LogP contribution in [-0.2, 0) is 6.42 Å². The molecule has 3 N–H and O–H groups in total. The van der Waals surface area contributed by atoms with Gasteiger partial charge in [-0.05, 0) is 60.4 Å². The number of nitrogens with one attached hydrogen (secondary N) is 1. The lowest BCUT2D eigenvalue weighted by Gasteiger charge is -2.07. The Morgan fingerprint density at radius 2 is 1.08 bits per heavy atom. The van der Waals surface area contributed by atoms with E-state index >= 15 is 0 Å². The van der Waals surface area contributed by atoms with Gasteiger partial charge in [0.25, 0.3) is 0 Å². The molecule has 49 heavy (non-hydrogen) atoms. The first-order valence-corrected chi connectivity index (χ1v) is 16.4. The Kier molecular flexibility index (Phi) is 9.02. The van der Waals surface area contributed by atoms with E-state index in [1.807, 2.05) is 60.7 Å². The Bertz CT molecular complexity index is 2460. The second kappa shape index (κ2) is 14.2.